The summed E-state index contributed by atoms with van der Waals surface area (Å²) in [6.45, 7) is 0. The van der Waals surface area contributed by atoms with Crippen LogP contribution >= 0.6 is 0 Å². The molecule has 1 N–H and O–H groups in total. The molecule has 0 aliphatic heterocycles. The van der Waals surface area contributed by atoms with Gasteiger partial charge in [-0.25, -0.2) is 4.98 Å². The van der Waals surface area contributed by atoms with Crippen LogP contribution in [0.15, 0.2) is 29.3 Å². The highest BCUT2D eigenvalue weighted by molar-refractivity contribution is 5.77. The van der Waals surface area contributed by atoms with Crippen LogP contribution in [0, 0.1) is 10.1 Å². The highest BCUT2D eigenvalue weighted by Gasteiger charge is 2.08. The second-order valence-electron chi connectivity index (χ2n) is 2.70. The minimum Gasteiger partial charge on any atom is -0.358 e. The molecule has 2 aromatic rings. The molecule has 2 rings (SSSR count). The molecule has 0 saturated carbocycles. The Morgan fingerprint density at radius 3 is 3.00 bits per heavy atom. The lowest BCUT2D eigenvalue weighted by atomic mass is 10.2. The average molecular weight is 191 g/mol. The summed E-state index contributed by atoms with van der Waals surface area (Å²) in [6.07, 6.45) is 2.83. The normalized spacial score (nSPS) is 10.3. The number of aromatic nitrogens is 2. The van der Waals surface area contributed by atoms with E-state index < -0.39 is 10.4 Å². The molecule has 0 amide bonds. The summed E-state index contributed by atoms with van der Waals surface area (Å²) in [6, 6.07) is 2.47. The zero-order chi connectivity index (χ0) is 10.1. The Labute approximate surface area is 77.4 Å². The van der Waals surface area contributed by atoms with Crippen LogP contribution in [0.2, 0.25) is 0 Å². The molecule has 0 radical (unpaired) electrons. The number of nitrogens with zero attached hydrogens (tertiary/aromatic N) is 2. The van der Waals surface area contributed by atoms with Crippen molar-refractivity contribution in [2.75, 3.05) is 0 Å². The Hall–Kier alpha value is -2.24. The molecular weight excluding hydrogens is 186 g/mol. The van der Waals surface area contributed by atoms with Crippen LogP contribution in [0.4, 0.5) is 5.82 Å². The first kappa shape index (κ1) is 8.36. The van der Waals surface area contributed by atoms with E-state index in [-0.39, 0.29) is 5.82 Å². The highest BCUT2D eigenvalue weighted by atomic mass is 16.6. The summed E-state index contributed by atoms with van der Waals surface area (Å²) < 4.78 is 0. The van der Waals surface area contributed by atoms with Crippen LogP contribution in [-0.2, 0) is 0 Å². The number of pyridine rings is 2. The van der Waals surface area contributed by atoms with Crippen molar-refractivity contribution in [3.8, 4) is 0 Å². The maximum Gasteiger partial charge on any atom is 0.325 e. The lowest BCUT2D eigenvalue weighted by Crippen LogP contribution is -2.04. The van der Waals surface area contributed by atoms with Gasteiger partial charge in [0, 0.05) is 18.5 Å². The summed E-state index contributed by atoms with van der Waals surface area (Å²) in [4.78, 5) is 27.4. The van der Waals surface area contributed by atoms with Crippen LogP contribution in [0.25, 0.3) is 10.9 Å². The lowest BCUT2D eigenvalue weighted by molar-refractivity contribution is -0.389. The standard InChI is InChI=1S/C8H5N3O3/c12-7-3-8(11(13)14)10-6-1-2-9-4-5(6)7/h1-4H,(H,10,12). The van der Waals surface area contributed by atoms with Crippen molar-refractivity contribution in [3.05, 3.63) is 44.9 Å². The van der Waals surface area contributed by atoms with Gasteiger partial charge in [0.05, 0.1) is 11.5 Å². The number of nitro groups is 1. The summed E-state index contributed by atoms with van der Waals surface area (Å²) in [5.74, 6) is -0.311. The zero-order valence-electron chi connectivity index (χ0n) is 6.93. The Kier molecular flexibility index (Phi) is 1.74. The van der Waals surface area contributed by atoms with E-state index in [0.29, 0.717) is 10.9 Å². The first-order chi connectivity index (χ1) is 6.68. The van der Waals surface area contributed by atoms with E-state index in [9.17, 15) is 14.9 Å². The first-order valence-electron chi connectivity index (χ1n) is 3.80. The van der Waals surface area contributed by atoms with Crippen LogP contribution in [-0.4, -0.2) is 14.9 Å². The van der Waals surface area contributed by atoms with E-state index in [1.165, 1.54) is 18.5 Å². The van der Waals surface area contributed by atoms with Gasteiger partial charge in [0.25, 0.3) is 0 Å². The molecule has 70 valence electrons. The molecule has 2 aromatic heterocycles. The molecule has 0 aliphatic carbocycles. The Bertz CT molecular complexity index is 561. The van der Waals surface area contributed by atoms with Crippen molar-refractivity contribution in [1.29, 1.82) is 0 Å². The van der Waals surface area contributed by atoms with Crippen molar-refractivity contribution < 1.29 is 4.92 Å². The zero-order valence-corrected chi connectivity index (χ0v) is 6.93. The van der Waals surface area contributed by atoms with Crippen molar-refractivity contribution >= 4 is 16.7 Å². The molecular formula is C8H5N3O3. The Morgan fingerprint density at radius 1 is 1.50 bits per heavy atom. The van der Waals surface area contributed by atoms with Gasteiger partial charge in [-0.3, -0.25) is 9.78 Å². The number of hydrogen-bond donors (Lipinski definition) is 1. The molecule has 0 unspecified atom stereocenters. The maximum absolute atomic E-state index is 11.3. The summed E-state index contributed by atoms with van der Waals surface area (Å²) in [5.41, 5.74) is 0.0118. The van der Waals surface area contributed by atoms with E-state index in [1.807, 2.05) is 0 Å². The van der Waals surface area contributed by atoms with Gasteiger partial charge in [0.1, 0.15) is 5.52 Å². The summed E-state index contributed by atoms with van der Waals surface area (Å²) >= 11 is 0. The van der Waals surface area contributed by atoms with E-state index in [2.05, 4.69) is 9.97 Å². The molecule has 0 atom stereocenters. The molecule has 0 bridgehead atoms. The van der Waals surface area contributed by atoms with Gasteiger partial charge < -0.3 is 10.1 Å². The predicted octanol–water partition coefficient (Wildman–Crippen LogP) is 0.831. The van der Waals surface area contributed by atoms with Crippen molar-refractivity contribution in [2.45, 2.75) is 0 Å². The van der Waals surface area contributed by atoms with Gasteiger partial charge in [-0.15, -0.1) is 0 Å². The van der Waals surface area contributed by atoms with Gasteiger partial charge >= 0.3 is 5.82 Å². The number of hydrogen-bond acceptors (Lipinski definition) is 4. The van der Waals surface area contributed by atoms with Crippen LogP contribution < -0.4 is 5.43 Å². The Morgan fingerprint density at radius 2 is 2.29 bits per heavy atom. The van der Waals surface area contributed by atoms with E-state index in [1.54, 1.807) is 0 Å². The van der Waals surface area contributed by atoms with E-state index in [0.717, 1.165) is 6.07 Å². The van der Waals surface area contributed by atoms with Crippen LogP contribution in [0.5, 0.6) is 0 Å². The van der Waals surface area contributed by atoms with Gasteiger partial charge in [0.15, 0.2) is 5.43 Å². The second-order valence-corrected chi connectivity index (χ2v) is 2.70. The first-order valence-corrected chi connectivity index (χ1v) is 3.80. The van der Waals surface area contributed by atoms with Gasteiger partial charge in [0.2, 0.25) is 0 Å². The summed E-state index contributed by atoms with van der Waals surface area (Å²) in [7, 11) is 0. The SMILES string of the molecule is O=c1cc([N+](=O)[O-])[nH]c2ccncc12. The molecule has 6 nitrogen and oxygen atoms in total. The van der Waals surface area contributed by atoms with E-state index >= 15 is 0 Å². The minimum atomic E-state index is -0.638. The lowest BCUT2D eigenvalue weighted by Gasteiger charge is -1.95. The monoisotopic (exact) mass is 191 g/mol. The third-order valence-corrected chi connectivity index (χ3v) is 1.81. The van der Waals surface area contributed by atoms with Crippen molar-refractivity contribution in [2.24, 2.45) is 0 Å². The van der Waals surface area contributed by atoms with Crippen molar-refractivity contribution in [1.82, 2.24) is 9.97 Å². The summed E-state index contributed by atoms with van der Waals surface area (Å²) in [5, 5.41) is 10.8. The largest absolute Gasteiger partial charge is 0.358 e. The number of aromatic amines is 1. The number of H-pyrrole nitrogens is 1. The van der Waals surface area contributed by atoms with Gasteiger partial charge in [-0.2, -0.15) is 0 Å². The quantitative estimate of drug-likeness (QED) is 0.534. The second kappa shape index (κ2) is 2.91. The van der Waals surface area contributed by atoms with Crippen molar-refractivity contribution in [3.63, 3.8) is 0 Å². The number of rotatable bonds is 1. The predicted molar refractivity (Wildman–Crippen MR) is 49.0 cm³/mol. The highest BCUT2D eigenvalue weighted by Crippen LogP contribution is 2.10. The number of nitrogens with one attached hydrogen (secondary N) is 1. The van der Waals surface area contributed by atoms with Gasteiger partial charge in [-0.05, 0) is 4.92 Å². The number of fused-ring (bicyclic) bond motifs is 1. The molecule has 0 spiro atoms. The topological polar surface area (TPSA) is 88.9 Å². The fourth-order valence-corrected chi connectivity index (χ4v) is 1.17. The molecule has 0 fully saturated rings. The third-order valence-electron chi connectivity index (χ3n) is 1.81. The fraction of sp³-hybridized carbons (Fsp3) is 0. The minimum absolute atomic E-state index is 0.311. The van der Waals surface area contributed by atoms with Gasteiger partial charge in [-0.1, -0.05) is 0 Å². The average Bonchev–Trinajstić information content (AvgIpc) is 2.17. The molecule has 0 saturated heterocycles. The molecule has 14 heavy (non-hydrogen) atoms. The van der Waals surface area contributed by atoms with E-state index in [4.69, 9.17) is 0 Å². The Balaban J connectivity index is 2.86. The fourth-order valence-electron chi connectivity index (χ4n) is 1.17. The smallest absolute Gasteiger partial charge is 0.325 e. The molecule has 2 heterocycles. The molecule has 6 heteroatoms. The molecule has 0 aliphatic rings. The van der Waals surface area contributed by atoms with Crippen LogP contribution in [0.1, 0.15) is 0 Å². The third kappa shape index (κ3) is 1.22. The van der Waals surface area contributed by atoms with Crippen LogP contribution in [0.3, 0.4) is 0 Å². The maximum atomic E-state index is 11.3. The molecule has 0 aromatic carbocycles.